The number of hydrogen-bond acceptors (Lipinski definition) is 5. The van der Waals surface area contributed by atoms with E-state index in [0.29, 0.717) is 19.6 Å². The maximum Gasteiger partial charge on any atom is 0.214 e. The standard InChI is InChI=1S/C19H31N5O3S/c1-3-20-19(21-9-11-24-10-6-16-28(24,25)26)23-14-12-22(13-15-23)17-7-4-5-8-18(17)27-2/h4-5,7-8H,3,6,9-16H2,1-2H3,(H,20,21). The zero-order valence-corrected chi connectivity index (χ0v) is 17.6. The van der Waals surface area contributed by atoms with Crippen LogP contribution in [0.4, 0.5) is 5.69 Å². The van der Waals surface area contributed by atoms with Gasteiger partial charge in [-0.2, -0.15) is 0 Å². The smallest absolute Gasteiger partial charge is 0.214 e. The summed E-state index contributed by atoms with van der Waals surface area (Å²) < 4.78 is 30.9. The molecule has 0 atom stereocenters. The highest BCUT2D eigenvalue weighted by atomic mass is 32.2. The molecule has 0 saturated carbocycles. The third-order valence-electron chi connectivity index (χ3n) is 5.15. The highest BCUT2D eigenvalue weighted by molar-refractivity contribution is 7.89. The van der Waals surface area contributed by atoms with E-state index in [2.05, 4.69) is 26.2 Å². The minimum absolute atomic E-state index is 0.266. The molecule has 8 nitrogen and oxygen atoms in total. The lowest BCUT2D eigenvalue weighted by atomic mass is 10.2. The van der Waals surface area contributed by atoms with Crippen LogP contribution in [0.1, 0.15) is 13.3 Å². The van der Waals surface area contributed by atoms with Crippen molar-refractivity contribution in [3.05, 3.63) is 24.3 Å². The van der Waals surface area contributed by atoms with Crippen molar-refractivity contribution in [2.75, 3.05) is 70.1 Å². The fourth-order valence-electron chi connectivity index (χ4n) is 3.69. The van der Waals surface area contributed by atoms with Crippen LogP contribution in [0.25, 0.3) is 0 Å². The summed E-state index contributed by atoms with van der Waals surface area (Å²) in [5, 5.41) is 3.34. The number of rotatable bonds is 6. The Balaban J connectivity index is 1.58. The molecule has 2 heterocycles. The van der Waals surface area contributed by atoms with Gasteiger partial charge in [-0.25, -0.2) is 12.7 Å². The Labute approximate surface area is 168 Å². The molecule has 3 rings (SSSR count). The summed E-state index contributed by atoms with van der Waals surface area (Å²) in [6.07, 6.45) is 0.719. The van der Waals surface area contributed by atoms with Crippen molar-refractivity contribution in [1.82, 2.24) is 14.5 Å². The van der Waals surface area contributed by atoms with Crippen molar-refractivity contribution in [2.24, 2.45) is 4.99 Å². The van der Waals surface area contributed by atoms with E-state index in [0.717, 1.165) is 56.5 Å². The van der Waals surface area contributed by atoms with E-state index in [-0.39, 0.29) is 5.75 Å². The quantitative estimate of drug-likeness (QED) is 0.554. The average molecular weight is 410 g/mol. The number of methoxy groups -OCH3 is 1. The van der Waals surface area contributed by atoms with Crippen LogP contribution in [-0.4, -0.2) is 88.8 Å². The Bertz CT molecular complexity index is 776. The molecule has 1 N–H and O–H groups in total. The predicted molar refractivity (Wildman–Crippen MR) is 113 cm³/mol. The normalized spacial score (nSPS) is 20.4. The number of nitrogens with zero attached hydrogens (tertiary/aromatic N) is 4. The molecule has 0 amide bonds. The van der Waals surface area contributed by atoms with Crippen molar-refractivity contribution in [3.8, 4) is 5.75 Å². The number of ether oxygens (including phenoxy) is 1. The van der Waals surface area contributed by atoms with Gasteiger partial charge in [0.25, 0.3) is 0 Å². The second-order valence-electron chi connectivity index (χ2n) is 6.95. The molecule has 0 radical (unpaired) electrons. The van der Waals surface area contributed by atoms with Crippen LogP contribution in [0.2, 0.25) is 0 Å². The lowest BCUT2D eigenvalue weighted by molar-refractivity contribution is 0.366. The molecule has 0 spiro atoms. The second-order valence-corrected chi connectivity index (χ2v) is 9.04. The molecular formula is C19H31N5O3S. The Hall–Kier alpha value is -2.00. The fraction of sp³-hybridized carbons (Fsp3) is 0.632. The number of anilines is 1. The van der Waals surface area contributed by atoms with E-state index < -0.39 is 10.0 Å². The molecule has 0 aliphatic carbocycles. The maximum atomic E-state index is 11.9. The van der Waals surface area contributed by atoms with Crippen LogP contribution < -0.4 is 15.0 Å². The first kappa shape index (κ1) is 20.7. The van der Waals surface area contributed by atoms with E-state index in [9.17, 15) is 8.42 Å². The molecule has 1 aromatic rings. The van der Waals surface area contributed by atoms with E-state index in [1.807, 2.05) is 25.1 Å². The number of sulfonamides is 1. The van der Waals surface area contributed by atoms with Gasteiger partial charge >= 0.3 is 0 Å². The predicted octanol–water partition coefficient (Wildman–Crippen LogP) is 0.818. The molecule has 0 aromatic heterocycles. The van der Waals surface area contributed by atoms with Gasteiger partial charge in [0.15, 0.2) is 5.96 Å². The molecule has 1 aromatic carbocycles. The molecule has 9 heteroatoms. The monoisotopic (exact) mass is 409 g/mol. The van der Waals surface area contributed by atoms with Crippen LogP contribution in [0.15, 0.2) is 29.3 Å². The summed E-state index contributed by atoms with van der Waals surface area (Å²) >= 11 is 0. The summed E-state index contributed by atoms with van der Waals surface area (Å²) in [4.78, 5) is 9.25. The number of aliphatic imine (C=N–C) groups is 1. The lowest BCUT2D eigenvalue weighted by Crippen LogP contribution is -2.52. The Morgan fingerprint density at radius 2 is 1.93 bits per heavy atom. The Morgan fingerprint density at radius 1 is 1.18 bits per heavy atom. The highest BCUT2D eigenvalue weighted by Crippen LogP contribution is 2.28. The minimum Gasteiger partial charge on any atom is -0.495 e. The molecule has 0 unspecified atom stereocenters. The SMILES string of the molecule is CCNC(=NCCN1CCCS1(=O)=O)N1CCN(c2ccccc2OC)CC1. The summed E-state index contributed by atoms with van der Waals surface area (Å²) in [5.41, 5.74) is 1.12. The van der Waals surface area contributed by atoms with Crippen LogP contribution in [0.3, 0.4) is 0 Å². The van der Waals surface area contributed by atoms with Gasteiger partial charge in [-0.1, -0.05) is 12.1 Å². The molecule has 2 aliphatic heterocycles. The zero-order chi connectivity index (χ0) is 20.0. The zero-order valence-electron chi connectivity index (χ0n) is 16.8. The van der Waals surface area contributed by atoms with Crippen LogP contribution in [0, 0.1) is 0 Å². The molecule has 2 saturated heterocycles. The molecule has 2 aliphatic rings. The van der Waals surface area contributed by atoms with Crippen molar-refractivity contribution in [3.63, 3.8) is 0 Å². The number of hydrogen-bond donors (Lipinski definition) is 1. The van der Waals surface area contributed by atoms with Crippen molar-refractivity contribution in [2.45, 2.75) is 13.3 Å². The van der Waals surface area contributed by atoms with Gasteiger partial charge in [0.05, 0.1) is 25.1 Å². The first-order chi connectivity index (χ1) is 13.5. The van der Waals surface area contributed by atoms with Gasteiger partial charge in [-0.15, -0.1) is 0 Å². The maximum absolute atomic E-state index is 11.9. The van der Waals surface area contributed by atoms with Gasteiger partial charge in [-0.3, -0.25) is 4.99 Å². The number of guanidine groups is 1. The topological polar surface area (TPSA) is 77.5 Å². The summed E-state index contributed by atoms with van der Waals surface area (Å²) in [5.74, 6) is 2.02. The summed E-state index contributed by atoms with van der Waals surface area (Å²) in [6, 6.07) is 8.08. The molecule has 156 valence electrons. The lowest BCUT2D eigenvalue weighted by Gasteiger charge is -2.38. The van der Waals surface area contributed by atoms with E-state index in [1.165, 1.54) is 0 Å². The molecule has 0 bridgehead atoms. The third kappa shape index (κ3) is 4.88. The van der Waals surface area contributed by atoms with Gasteiger partial charge < -0.3 is 19.9 Å². The number of para-hydroxylation sites is 2. The van der Waals surface area contributed by atoms with Crippen LogP contribution in [-0.2, 0) is 10.0 Å². The third-order valence-corrected chi connectivity index (χ3v) is 7.11. The second kappa shape index (κ2) is 9.47. The molecular weight excluding hydrogens is 378 g/mol. The van der Waals surface area contributed by atoms with Crippen molar-refractivity contribution >= 4 is 21.7 Å². The number of nitrogens with one attached hydrogen (secondary N) is 1. The first-order valence-electron chi connectivity index (χ1n) is 9.94. The van der Waals surface area contributed by atoms with Crippen LogP contribution in [0.5, 0.6) is 5.75 Å². The Morgan fingerprint density at radius 3 is 2.57 bits per heavy atom. The summed E-state index contributed by atoms with van der Waals surface area (Å²) in [6.45, 7) is 7.85. The van der Waals surface area contributed by atoms with Gasteiger partial charge in [0.1, 0.15) is 5.75 Å². The fourth-order valence-corrected chi connectivity index (χ4v) is 5.21. The first-order valence-corrected chi connectivity index (χ1v) is 11.5. The van der Waals surface area contributed by atoms with Crippen molar-refractivity contribution in [1.29, 1.82) is 0 Å². The minimum atomic E-state index is -3.06. The number of benzene rings is 1. The molecule has 2 fully saturated rings. The summed E-state index contributed by atoms with van der Waals surface area (Å²) in [7, 11) is -1.36. The van der Waals surface area contributed by atoms with E-state index in [4.69, 9.17) is 4.74 Å². The number of piperazine rings is 1. The molecule has 28 heavy (non-hydrogen) atoms. The van der Waals surface area contributed by atoms with E-state index >= 15 is 0 Å². The van der Waals surface area contributed by atoms with Gasteiger partial charge in [-0.05, 0) is 25.5 Å². The van der Waals surface area contributed by atoms with Gasteiger partial charge in [0.2, 0.25) is 10.0 Å². The van der Waals surface area contributed by atoms with E-state index in [1.54, 1.807) is 11.4 Å². The largest absolute Gasteiger partial charge is 0.495 e. The Kier molecular flexibility index (Phi) is 7.01. The average Bonchev–Trinajstić information content (AvgIpc) is 3.05. The van der Waals surface area contributed by atoms with Crippen molar-refractivity contribution < 1.29 is 13.2 Å². The van der Waals surface area contributed by atoms with Crippen LogP contribution >= 0.6 is 0 Å². The highest BCUT2D eigenvalue weighted by Gasteiger charge is 2.27. The van der Waals surface area contributed by atoms with Gasteiger partial charge in [0, 0.05) is 45.8 Å².